The molecule has 2 heterocycles. The van der Waals surface area contributed by atoms with Gasteiger partial charge >= 0.3 is 12.4 Å². The van der Waals surface area contributed by atoms with Crippen molar-refractivity contribution in [2.45, 2.75) is 43.6 Å². The number of alkyl halides is 6. The molecule has 1 aliphatic heterocycles. The zero-order valence-electron chi connectivity index (χ0n) is 20.3. The van der Waals surface area contributed by atoms with Gasteiger partial charge in [0.15, 0.2) is 0 Å². The van der Waals surface area contributed by atoms with Crippen molar-refractivity contribution < 1.29 is 34.8 Å². The number of rotatable bonds is 3. The molecule has 1 saturated carbocycles. The average molecular weight is 588 g/mol. The second-order valence-corrected chi connectivity index (χ2v) is 13.2. The van der Waals surface area contributed by atoms with Crippen molar-refractivity contribution in [2.24, 2.45) is 11.8 Å². The van der Waals surface area contributed by atoms with Gasteiger partial charge in [0.1, 0.15) is 11.6 Å². The highest BCUT2D eigenvalue weighted by atomic mass is 32.2. The number of aromatic nitrogens is 1. The van der Waals surface area contributed by atoms with Gasteiger partial charge in [0.25, 0.3) is 10.2 Å². The minimum absolute atomic E-state index is 0.0553. The third-order valence-electron chi connectivity index (χ3n) is 8.16. The van der Waals surface area contributed by atoms with E-state index < -0.39 is 40.2 Å². The Kier molecular flexibility index (Phi) is 6.18. The molecule has 1 spiro atoms. The Hall–Kier alpha value is -2.48. The summed E-state index contributed by atoms with van der Waals surface area (Å²) in [5.74, 6) is -0.328. The molecule has 6 rings (SSSR count). The van der Waals surface area contributed by atoms with Crippen molar-refractivity contribution in [1.82, 2.24) is 14.0 Å². The van der Waals surface area contributed by atoms with Crippen molar-refractivity contribution in [3.63, 3.8) is 0 Å². The molecule has 1 saturated heterocycles. The molecular formula is C26H23F6N3O2S2. The molecular weight excluding hydrogens is 564 g/mol. The van der Waals surface area contributed by atoms with E-state index in [1.165, 1.54) is 18.3 Å². The molecule has 3 atom stereocenters. The van der Waals surface area contributed by atoms with Crippen LogP contribution in [0.3, 0.4) is 0 Å². The summed E-state index contributed by atoms with van der Waals surface area (Å²) in [6.07, 6.45) is -5.31. The second kappa shape index (κ2) is 9.02. The third-order valence-corrected chi connectivity index (χ3v) is 10.8. The van der Waals surface area contributed by atoms with E-state index in [1.807, 2.05) is 18.2 Å². The van der Waals surface area contributed by atoms with E-state index in [-0.39, 0.29) is 23.9 Å². The van der Waals surface area contributed by atoms with Gasteiger partial charge in [-0.15, -0.1) is 11.3 Å². The van der Waals surface area contributed by atoms with E-state index in [1.54, 1.807) is 6.07 Å². The Balaban J connectivity index is 1.30. The van der Waals surface area contributed by atoms with Gasteiger partial charge < -0.3 is 0 Å². The highest BCUT2D eigenvalue weighted by Crippen LogP contribution is 2.51. The fraction of sp³-hybridized carbons (Fsp3) is 0.423. The molecule has 3 unspecified atom stereocenters. The van der Waals surface area contributed by atoms with Crippen LogP contribution in [-0.2, 0) is 29.2 Å². The van der Waals surface area contributed by atoms with Crippen LogP contribution in [0.15, 0.2) is 48.7 Å². The van der Waals surface area contributed by atoms with Gasteiger partial charge in [0, 0.05) is 23.9 Å². The number of halogens is 6. The van der Waals surface area contributed by atoms with Gasteiger partial charge in [-0.2, -0.15) is 43.8 Å². The topological polar surface area (TPSA) is 62.3 Å². The van der Waals surface area contributed by atoms with Crippen LogP contribution in [0.2, 0.25) is 0 Å². The summed E-state index contributed by atoms with van der Waals surface area (Å²) in [4.78, 5) is 4.77. The normalized spacial score (nSPS) is 26.6. The first-order valence-corrected chi connectivity index (χ1v) is 14.6. The van der Waals surface area contributed by atoms with Crippen LogP contribution in [0.1, 0.15) is 29.5 Å². The van der Waals surface area contributed by atoms with Crippen molar-refractivity contribution in [1.29, 1.82) is 0 Å². The molecule has 0 radical (unpaired) electrons. The Bertz CT molecular complexity index is 1530. The van der Waals surface area contributed by atoms with Crippen LogP contribution in [0, 0.1) is 11.8 Å². The molecule has 5 nitrogen and oxygen atoms in total. The van der Waals surface area contributed by atoms with Crippen molar-refractivity contribution in [3.8, 4) is 21.0 Å². The number of hydrogen-bond acceptors (Lipinski definition) is 4. The van der Waals surface area contributed by atoms with Crippen LogP contribution >= 0.6 is 11.3 Å². The van der Waals surface area contributed by atoms with E-state index in [2.05, 4.69) is 9.71 Å². The Morgan fingerprint density at radius 3 is 2.38 bits per heavy atom. The highest BCUT2D eigenvalue weighted by Gasteiger charge is 2.60. The van der Waals surface area contributed by atoms with E-state index in [0.717, 1.165) is 34.1 Å². The van der Waals surface area contributed by atoms with Gasteiger partial charge in [0.2, 0.25) is 0 Å². The van der Waals surface area contributed by atoms with Crippen LogP contribution < -0.4 is 4.72 Å². The monoisotopic (exact) mass is 587 g/mol. The molecule has 1 N–H and O–H groups in total. The van der Waals surface area contributed by atoms with Gasteiger partial charge in [-0.05, 0) is 60.8 Å². The summed E-state index contributed by atoms with van der Waals surface area (Å²) in [5, 5.41) is 0.548. The second-order valence-electron chi connectivity index (χ2n) is 10.5. The summed E-state index contributed by atoms with van der Waals surface area (Å²) in [7, 11) is -4.27. The van der Waals surface area contributed by atoms with Crippen molar-refractivity contribution in [2.75, 3.05) is 13.1 Å². The fourth-order valence-electron chi connectivity index (χ4n) is 6.45. The van der Waals surface area contributed by atoms with E-state index in [0.29, 0.717) is 39.9 Å². The molecule has 2 fully saturated rings. The standard InChI is InChI=1S/C26H23F6N3O2S2/c27-25(28,29)14-35-13-24(34-39(35,36)37)18-7-8-19(24)11-17-9-16(6-5-15(17)10-18)23-33-12-22(38-23)20-3-1-2-4-21(20)26(30,31)32/h1-6,9,12,18-19,34H,7-8,10-11,13-14H2. The molecule has 0 amide bonds. The SMILES string of the molecule is O=S1(=O)NC2(CN1CC(F)(F)F)C1CCC2Cc2cc(-c3ncc(-c4ccccc4C(F)(F)F)s3)ccc2C1. The summed E-state index contributed by atoms with van der Waals surface area (Å²) >= 11 is 1.15. The number of nitrogens with one attached hydrogen (secondary N) is 1. The first kappa shape index (κ1) is 26.7. The number of hydrogen-bond donors (Lipinski definition) is 1. The van der Waals surface area contributed by atoms with Gasteiger partial charge in [-0.1, -0.05) is 30.3 Å². The predicted molar refractivity (Wildman–Crippen MR) is 134 cm³/mol. The molecule has 39 heavy (non-hydrogen) atoms. The number of benzene rings is 2. The maximum Gasteiger partial charge on any atom is 0.417 e. The fourth-order valence-corrected chi connectivity index (χ4v) is 9.11. The Labute approximate surface area is 225 Å². The summed E-state index contributed by atoms with van der Waals surface area (Å²) in [5.41, 5.74) is 1.03. The lowest BCUT2D eigenvalue weighted by atomic mass is 9.79. The van der Waals surface area contributed by atoms with Crippen molar-refractivity contribution in [3.05, 3.63) is 65.4 Å². The molecule has 208 valence electrons. The van der Waals surface area contributed by atoms with Crippen molar-refractivity contribution >= 4 is 21.5 Å². The van der Waals surface area contributed by atoms with E-state index in [9.17, 15) is 34.8 Å². The summed E-state index contributed by atoms with van der Waals surface area (Å²) < 4.78 is 108. The minimum atomic E-state index is -4.64. The summed E-state index contributed by atoms with van der Waals surface area (Å²) in [6, 6.07) is 11.0. The molecule has 2 aliphatic carbocycles. The molecule has 3 aromatic rings. The molecule has 2 aromatic carbocycles. The zero-order chi connectivity index (χ0) is 27.8. The quantitative estimate of drug-likeness (QED) is 0.379. The first-order chi connectivity index (χ1) is 18.3. The Morgan fingerprint density at radius 2 is 1.69 bits per heavy atom. The van der Waals surface area contributed by atoms with E-state index >= 15 is 0 Å². The van der Waals surface area contributed by atoms with Gasteiger partial charge in [0.05, 0.1) is 16.0 Å². The first-order valence-electron chi connectivity index (χ1n) is 12.4. The summed E-state index contributed by atoms with van der Waals surface area (Å²) in [6.45, 7) is -1.75. The number of nitrogens with zero attached hydrogens (tertiary/aromatic N) is 2. The lowest BCUT2D eigenvalue weighted by Gasteiger charge is -2.33. The molecule has 2 bridgehead atoms. The zero-order valence-corrected chi connectivity index (χ0v) is 21.9. The van der Waals surface area contributed by atoms with Gasteiger partial charge in [-0.3, -0.25) is 0 Å². The van der Waals surface area contributed by atoms with Crippen LogP contribution in [0.5, 0.6) is 0 Å². The molecule has 3 aliphatic rings. The lowest BCUT2D eigenvalue weighted by Crippen LogP contribution is -2.52. The minimum Gasteiger partial charge on any atom is -0.244 e. The average Bonchev–Trinajstić information content (AvgIpc) is 3.47. The maximum atomic E-state index is 13.5. The highest BCUT2D eigenvalue weighted by molar-refractivity contribution is 7.87. The largest absolute Gasteiger partial charge is 0.417 e. The van der Waals surface area contributed by atoms with Crippen LogP contribution in [0.25, 0.3) is 21.0 Å². The smallest absolute Gasteiger partial charge is 0.244 e. The molecule has 13 heteroatoms. The number of fused-ring (bicyclic) bond motifs is 1. The van der Waals surface area contributed by atoms with Crippen LogP contribution in [-0.4, -0.2) is 42.5 Å². The van der Waals surface area contributed by atoms with E-state index in [4.69, 9.17) is 0 Å². The molecule has 1 aromatic heterocycles. The lowest BCUT2D eigenvalue weighted by molar-refractivity contribution is -0.137. The van der Waals surface area contributed by atoms with Gasteiger partial charge in [-0.25, -0.2) is 4.98 Å². The predicted octanol–water partition coefficient (Wildman–Crippen LogP) is 6.07. The number of thiazole rings is 1. The van der Waals surface area contributed by atoms with Crippen LogP contribution in [0.4, 0.5) is 26.3 Å². The Morgan fingerprint density at radius 1 is 1.00 bits per heavy atom. The third kappa shape index (κ3) is 4.76. The maximum absolute atomic E-state index is 13.5.